The van der Waals surface area contributed by atoms with Gasteiger partial charge in [-0.2, -0.15) is 0 Å². The fourth-order valence-corrected chi connectivity index (χ4v) is 2.77. The molecule has 0 saturated carbocycles. The van der Waals surface area contributed by atoms with Crippen molar-refractivity contribution in [2.75, 3.05) is 13.7 Å². The number of Topliss-reactive ketones (excluding diaryl/α,β-unsaturated/α-hetero) is 1. The van der Waals surface area contributed by atoms with Crippen LogP contribution in [-0.2, 0) is 4.79 Å². The average Bonchev–Trinajstić information content (AvgIpc) is 2.92. The van der Waals surface area contributed by atoms with E-state index in [4.69, 9.17) is 4.74 Å². The van der Waals surface area contributed by atoms with Gasteiger partial charge in [-0.1, -0.05) is 0 Å². The van der Waals surface area contributed by atoms with Gasteiger partial charge in [-0.25, -0.2) is 0 Å². The van der Waals surface area contributed by atoms with Crippen molar-refractivity contribution in [3.63, 3.8) is 0 Å². The summed E-state index contributed by atoms with van der Waals surface area (Å²) >= 11 is 0. The number of hydrogen-bond acceptors (Lipinski definition) is 3. The molecular weight excluding hydrogens is 280 g/mol. The Labute approximate surface area is 130 Å². The number of likely N-dealkylation sites (N-methyl/N-ethyl adjacent to an activating group) is 1. The first kappa shape index (κ1) is 16.1. The predicted octanol–water partition coefficient (Wildman–Crippen LogP) is 2.92. The fourth-order valence-electron chi connectivity index (χ4n) is 2.77. The van der Waals surface area contributed by atoms with E-state index in [9.17, 15) is 9.59 Å². The van der Waals surface area contributed by atoms with Crippen LogP contribution in [0.3, 0.4) is 0 Å². The van der Waals surface area contributed by atoms with E-state index in [1.807, 2.05) is 39.8 Å². The molecule has 2 rings (SSSR count). The first-order chi connectivity index (χ1) is 10.4. The number of H-pyrrole nitrogens is 1. The number of aryl methyl sites for hydroxylation is 1. The summed E-state index contributed by atoms with van der Waals surface area (Å²) in [5, 5.41) is 0.748. The van der Waals surface area contributed by atoms with Crippen LogP contribution >= 0.6 is 0 Å². The molecule has 0 atom stereocenters. The number of ketones is 1. The molecule has 1 aromatic carbocycles. The number of fused-ring (bicyclic) bond motifs is 1. The van der Waals surface area contributed by atoms with Gasteiger partial charge in [-0.15, -0.1) is 0 Å². The van der Waals surface area contributed by atoms with E-state index < -0.39 is 11.7 Å². The molecule has 0 bridgehead atoms. The maximum Gasteiger partial charge on any atom is 0.295 e. The third-order valence-electron chi connectivity index (χ3n) is 3.94. The predicted molar refractivity (Wildman–Crippen MR) is 86.4 cm³/mol. The SMILES string of the molecule is CCN(C(=O)C(=O)c1c[nH]c2ccc(OC)c(C)c12)C(C)C. The number of nitrogens with zero attached hydrogens (tertiary/aromatic N) is 1. The quantitative estimate of drug-likeness (QED) is 0.682. The van der Waals surface area contributed by atoms with Gasteiger partial charge in [-0.3, -0.25) is 9.59 Å². The average molecular weight is 302 g/mol. The fraction of sp³-hybridized carbons (Fsp3) is 0.412. The lowest BCUT2D eigenvalue weighted by atomic mass is 10.0. The Morgan fingerprint density at radius 2 is 2.00 bits per heavy atom. The third kappa shape index (κ3) is 2.58. The van der Waals surface area contributed by atoms with Gasteiger partial charge in [0.1, 0.15) is 5.75 Å². The molecular formula is C17H22N2O3. The van der Waals surface area contributed by atoms with Crippen LogP contribution in [0.4, 0.5) is 0 Å². The molecule has 0 spiro atoms. The summed E-state index contributed by atoms with van der Waals surface area (Å²) in [5.41, 5.74) is 2.07. The van der Waals surface area contributed by atoms with Crippen molar-refractivity contribution < 1.29 is 14.3 Å². The highest BCUT2D eigenvalue weighted by Gasteiger charge is 2.27. The number of amides is 1. The molecule has 0 unspecified atom stereocenters. The summed E-state index contributed by atoms with van der Waals surface area (Å²) in [6, 6.07) is 3.68. The summed E-state index contributed by atoms with van der Waals surface area (Å²) in [5.74, 6) is -0.261. The van der Waals surface area contributed by atoms with E-state index in [1.165, 1.54) is 0 Å². The Kier molecular flexibility index (Phi) is 4.54. The van der Waals surface area contributed by atoms with E-state index in [1.54, 1.807) is 18.2 Å². The van der Waals surface area contributed by atoms with Crippen LogP contribution < -0.4 is 4.74 Å². The summed E-state index contributed by atoms with van der Waals surface area (Å²) in [6.45, 7) is 8.06. The smallest absolute Gasteiger partial charge is 0.295 e. The van der Waals surface area contributed by atoms with E-state index >= 15 is 0 Å². The van der Waals surface area contributed by atoms with Crippen LogP contribution in [0, 0.1) is 6.92 Å². The van der Waals surface area contributed by atoms with E-state index in [0.29, 0.717) is 17.9 Å². The molecule has 0 fully saturated rings. The van der Waals surface area contributed by atoms with E-state index in [2.05, 4.69) is 4.98 Å². The molecule has 0 aliphatic heterocycles. The molecule has 1 heterocycles. The molecule has 1 aromatic heterocycles. The highest BCUT2D eigenvalue weighted by molar-refractivity contribution is 6.45. The van der Waals surface area contributed by atoms with Crippen LogP contribution in [-0.4, -0.2) is 41.3 Å². The number of nitrogens with one attached hydrogen (secondary N) is 1. The van der Waals surface area contributed by atoms with Crippen molar-refractivity contribution >= 4 is 22.6 Å². The lowest BCUT2D eigenvalue weighted by Crippen LogP contribution is -2.41. The maximum atomic E-state index is 12.6. The van der Waals surface area contributed by atoms with Gasteiger partial charge < -0.3 is 14.6 Å². The number of benzene rings is 1. The minimum Gasteiger partial charge on any atom is -0.496 e. The van der Waals surface area contributed by atoms with Gasteiger partial charge in [0.2, 0.25) is 0 Å². The van der Waals surface area contributed by atoms with Crippen molar-refractivity contribution in [1.82, 2.24) is 9.88 Å². The topological polar surface area (TPSA) is 62.4 Å². The molecule has 0 aliphatic carbocycles. The molecule has 22 heavy (non-hydrogen) atoms. The Bertz CT molecular complexity index is 716. The number of carbonyl (C=O) groups excluding carboxylic acids is 2. The maximum absolute atomic E-state index is 12.6. The van der Waals surface area contributed by atoms with Crippen LogP contribution in [0.25, 0.3) is 10.9 Å². The minimum atomic E-state index is -0.488. The van der Waals surface area contributed by atoms with Crippen LogP contribution in [0.2, 0.25) is 0 Å². The Morgan fingerprint density at radius 3 is 2.55 bits per heavy atom. The van der Waals surface area contributed by atoms with Gasteiger partial charge in [-0.05, 0) is 39.8 Å². The van der Waals surface area contributed by atoms with Gasteiger partial charge in [0.25, 0.3) is 11.7 Å². The minimum absolute atomic E-state index is 0.0118. The normalized spacial score (nSPS) is 11.0. The molecule has 5 nitrogen and oxygen atoms in total. The summed E-state index contributed by atoms with van der Waals surface area (Å²) in [4.78, 5) is 29.7. The molecule has 5 heteroatoms. The summed E-state index contributed by atoms with van der Waals surface area (Å²) in [6.07, 6.45) is 1.60. The molecule has 0 saturated heterocycles. The zero-order valence-corrected chi connectivity index (χ0v) is 13.7. The molecule has 0 radical (unpaired) electrons. The Balaban J connectivity index is 2.51. The van der Waals surface area contributed by atoms with Crippen molar-refractivity contribution in [2.24, 2.45) is 0 Å². The molecule has 2 aromatic rings. The summed E-state index contributed by atoms with van der Waals surface area (Å²) < 4.78 is 5.30. The highest BCUT2D eigenvalue weighted by atomic mass is 16.5. The Morgan fingerprint density at radius 1 is 1.32 bits per heavy atom. The van der Waals surface area contributed by atoms with Gasteiger partial charge in [0.15, 0.2) is 0 Å². The zero-order chi connectivity index (χ0) is 16.4. The molecule has 1 N–H and O–H groups in total. The van der Waals surface area contributed by atoms with E-state index in [0.717, 1.165) is 16.5 Å². The van der Waals surface area contributed by atoms with Crippen molar-refractivity contribution in [2.45, 2.75) is 33.7 Å². The molecule has 118 valence electrons. The second kappa shape index (κ2) is 6.22. The zero-order valence-electron chi connectivity index (χ0n) is 13.7. The molecule has 1 amide bonds. The van der Waals surface area contributed by atoms with Crippen molar-refractivity contribution in [1.29, 1.82) is 0 Å². The number of aromatic nitrogens is 1. The van der Waals surface area contributed by atoms with Crippen molar-refractivity contribution in [3.05, 3.63) is 29.5 Å². The second-order valence-electron chi connectivity index (χ2n) is 5.53. The third-order valence-corrected chi connectivity index (χ3v) is 3.94. The van der Waals surface area contributed by atoms with Crippen LogP contribution in [0.5, 0.6) is 5.75 Å². The number of hydrogen-bond donors (Lipinski definition) is 1. The first-order valence-corrected chi connectivity index (χ1v) is 7.42. The Hall–Kier alpha value is -2.30. The van der Waals surface area contributed by atoms with Crippen molar-refractivity contribution in [3.8, 4) is 5.75 Å². The summed E-state index contributed by atoms with van der Waals surface area (Å²) in [7, 11) is 1.59. The molecule has 0 aliphatic rings. The van der Waals surface area contributed by atoms with Gasteiger partial charge in [0.05, 0.1) is 12.7 Å². The van der Waals surface area contributed by atoms with Gasteiger partial charge in [0, 0.05) is 35.2 Å². The lowest BCUT2D eigenvalue weighted by Gasteiger charge is -2.24. The number of aromatic amines is 1. The monoisotopic (exact) mass is 302 g/mol. The second-order valence-corrected chi connectivity index (χ2v) is 5.53. The lowest BCUT2D eigenvalue weighted by molar-refractivity contribution is -0.127. The number of rotatable bonds is 5. The van der Waals surface area contributed by atoms with Crippen LogP contribution in [0.15, 0.2) is 18.3 Å². The largest absolute Gasteiger partial charge is 0.496 e. The number of ether oxygens (including phenoxy) is 1. The standard InChI is InChI=1S/C17H22N2O3/c1-6-19(10(2)3)17(21)16(20)12-9-18-13-7-8-14(22-5)11(4)15(12)13/h7-10,18H,6H2,1-5H3. The van der Waals surface area contributed by atoms with Gasteiger partial charge >= 0.3 is 0 Å². The van der Waals surface area contributed by atoms with E-state index in [-0.39, 0.29) is 6.04 Å². The number of methoxy groups -OCH3 is 1. The highest BCUT2D eigenvalue weighted by Crippen LogP contribution is 2.30. The van der Waals surface area contributed by atoms with Crippen LogP contribution in [0.1, 0.15) is 36.7 Å². The first-order valence-electron chi connectivity index (χ1n) is 7.42. The number of carbonyl (C=O) groups is 2.